The van der Waals surface area contributed by atoms with Gasteiger partial charge in [-0.2, -0.15) is 0 Å². The number of ether oxygens (including phenoxy) is 1. The molecule has 0 saturated carbocycles. The maximum absolute atomic E-state index is 13.0. The Morgan fingerprint density at radius 3 is 2.63 bits per heavy atom. The summed E-state index contributed by atoms with van der Waals surface area (Å²) in [5.74, 6) is -0.512. The monoisotopic (exact) mass is 442 g/mol. The van der Waals surface area contributed by atoms with Gasteiger partial charge < -0.3 is 4.74 Å². The first kappa shape index (κ1) is 19.0. The molecule has 0 radical (unpaired) electrons. The summed E-state index contributed by atoms with van der Waals surface area (Å²) in [6.07, 6.45) is 3.12. The molecule has 0 aromatic heterocycles. The maximum Gasteiger partial charge on any atom is 0.270 e. The number of rotatable bonds is 5. The third-order valence-electron chi connectivity index (χ3n) is 3.74. The summed E-state index contributed by atoms with van der Waals surface area (Å²) >= 11 is 8.58. The van der Waals surface area contributed by atoms with Gasteiger partial charge in [0, 0.05) is 10.0 Å². The number of para-hydroxylation sites is 1. The van der Waals surface area contributed by atoms with Crippen LogP contribution in [0.3, 0.4) is 0 Å². The molecule has 1 aliphatic heterocycles. The van der Waals surface area contributed by atoms with Gasteiger partial charge in [-0.1, -0.05) is 46.8 Å². The van der Waals surface area contributed by atoms with Gasteiger partial charge in [0.1, 0.15) is 17.9 Å². The number of hydrogen-bond acceptors (Lipinski definition) is 4. The lowest BCUT2D eigenvalue weighted by Crippen LogP contribution is -2.54. The van der Waals surface area contributed by atoms with E-state index >= 15 is 0 Å². The zero-order chi connectivity index (χ0) is 19.4. The molecule has 7 heteroatoms. The molecule has 0 atom stereocenters. The number of hydrogen-bond donors (Lipinski definition) is 1. The molecule has 1 fully saturated rings. The van der Waals surface area contributed by atoms with Crippen molar-refractivity contribution in [3.63, 3.8) is 0 Å². The summed E-state index contributed by atoms with van der Waals surface area (Å²) in [4.78, 5) is 26.7. The van der Waals surface area contributed by atoms with Crippen molar-refractivity contribution in [3.8, 4) is 5.75 Å². The lowest BCUT2D eigenvalue weighted by Gasteiger charge is -2.29. The lowest BCUT2D eigenvalue weighted by atomic mass is 10.1. The first-order valence-electron chi connectivity index (χ1n) is 8.01. The lowest BCUT2D eigenvalue weighted by molar-refractivity contribution is -0.122. The van der Waals surface area contributed by atoms with Crippen molar-refractivity contribution in [3.05, 3.63) is 76.8 Å². The Bertz CT molecular complexity index is 957. The number of thiocarbonyl (C=S) groups is 1. The van der Waals surface area contributed by atoms with Crippen LogP contribution in [0.25, 0.3) is 6.08 Å². The molecule has 2 amide bonds. The second kappa shape index (κ2) is 8.28. The zero-order valence-corrected chi connectivity index (χ0v) is 16.5. The van der Waals surface area contributed by atoms with Gasteiger partial charge >= 0.3 is 0 Å². The molecule has 27 heavy (non-hydrogen) atoms. The van der Waals surface area contributed by atoms with Crippen LogP contribution in [-0.2, 0) is 9.59 Å². The van der Waals surface area contributed by atoms with Gasteiger partial charge in [0.05, 0.1) is 5.69 Å². The predicted molar refractivity (Wildman–Crippen MR) is 112 cm³/mol. The topological polar surface area (TPSA) is 58.6 Å². The summed E-state index contributed by atoms with van der Waals surface area (Å²) in [5.41, 5.74) is 1.13. The molecule has 5 nitrogen and oxygen atoms in total. The number of carbonyl (C=O) groups is 2. The van der Waals surface area contributed by atoms with Crippen LogP contribution in [0, 0.1) is 0 Å². The van der Waals surface area contributed by atoms with E-state index in [0.29, 0.717) is 23.6 Å². The van der Waals surface area contributed by atoms with E-state index in [2.05, 4.69) is 27.8 Å². The van der Waals surface area contributed by atoms with Crippen LogP contribution in [0.2, 0.25) is 0 Å². The molecule has 0 unspecified atom stereocenters. The smallest absolute Gasteiger partial charge is 0.270 e. The number of anilines is 1. The third kappa shape index (κ3) is 4.15. The number of benzene rings is 2. The van der Waals surface area contributed by atoms with Crippen LogP contribution in [0.4, 0.5) is 5.69 Å². The molecule has 0 spiro atoms. The van der Waals surface area contributed by atoms with Gasteiger partial charge in [0.25, 0.3) is 11.8 Å². The molecular formula is C20H15BrN2O3S. The SMILES string of the molecule is C=CCOc1ccc(Br)cc1/C=C1\C(=O)NC(=S)N(c2ccccc2)C1=O. The molecule has 1 saturated heterocycles. The number of nitrogens with zero attached hydrogens (tertiary/aromatic N) is 1. The highest BCUT2D eigenvalue weighted by Gasteiger charge is 2.34. The fourth-order valence-corrected chi connectivity index (χ4v) is 3.20. The van der Waals surface area contributed by atoms with E-state index in [-0.39, 0.29) is 10.7 Å². The van der Waals surface area contributed by atoms with E-state index in [9.17, 15) is 9.59 Å². The van der Waals surface area contributed by atoms with Gasteiger partial charge in [0.2, 0.25) is 0 Å². The van der Waals surface area contributed by atoms with Crippen molar-refractivity contribution in [2.45, 2.75) is 0 Å². The Morgan fingerprint density at radius 1 is 1.19 bits per heavy atom. The average molecular weight is 443 g/mol. The fourth-order valence-electron chi connectivity index (χ4n) is 2.54. The number of halogens is 1. The van der Waals surface area contributed by atoms with E-state index in [1.54, 1.807) is 42.5 Å². The van der Waals surface area contributed by atoms with Crippen molar-refractivity contribution >= 4 is 56.8 Å². The minimum atomic E-state index is -0.549. The summed E-state index contributed by atoms with van der Waals surface area (Å²) < 4.78 is 6.41. The second-order valence-corrected chi connectivity index (χ2v) is 6.88. The first-order chi connectivity index (χ1) is 13.0. The quantitative estimate of drug-likeness (QED) is 0.330. The van der Waals surface area contributed by atoms with E-state index in [4.69, 9.17) is 17.0 Å². The molecule has 1 N–H and O–H groups in total. The van der Waals surface area contributed by atoms with E-state index in [1.165, 1.54) is 11.0 Å². The minimum absolute atomic E-state index is 0.0333. The van der Waals surface area contributed by atoms with Crippen LogP contribution < -0.4 is 15.0 Å². The summed E-state index contributed by atoms with van der Waals surface area (Å²) in [7, 11) is 0. The normalized spacial score (nSPS) is 15.7. The number of carbonyl (C=O) groups excluding carboxylic acids is 2. The molecule has 1 heterocycles. The van der Waals surface area contributed by atoms with E-state index < -0.39 is 11.8 Å². The van der Waals surface area contributed by atoms with Crippen molar-refractivity contribution in [2.24, 2.45) is 0 Å². The molecular weight excluding hydrogens is 428 g/mol. The third-order valence-corrected chi connectivity index (χ3v) is 4.52. The van der Waals surface area contributed by atoms with Gasteiger partial charge in [-0.15, -0.1) is 0 Å². The highest BCUT2D eigenvalue weighted by atomic mass is 79.9. The van der Waals surface area contributed by atoms with Crippen molar-refractivity contribution in [1.82, 2.24) is 5.32 Å². The highest BCUT2D eigenvalue weighted by molar-refractivity contribution is 9.10. The summed E-state index contributed by atoms with van der Waals surface area (Å²) in [5, 5.41) is 2.61. The Hall–Kier alpha value is -2.77. The van der Waals surface area contributed by atoms with Crippen molar-refractivity contribution in [1.29, 1.82) is 0 Å². The molecule has 1 aliphatic rings. The Labute approximate surface area is 170 Å². The van der Waals surface area contributed by atoms with Crippen LogP contribution >= 0.6 is 28.1 Å². The molecule has 136 valence electrons. The summed E-state index contributed by atoms with van der Waals surface area (Å²) in [6, 6.07) is 14.3. The molecule has 2 aromatic carbocycles. The van der Waals surface area contributed by atoms with Gasteiger partial charge in [-0.05, 0) is 48.6 Å². The Kier molecular flexibility index (Phi) is 5.83. The number of nitrogens with one attached hydrogen (secondary N) is 1. The first-order valence-corrected chi connectivity index (χ1v) is 9.21. The van der Waals surface area contributed by atoms with Crippen molar-refractivity contribution < 1.29 is 14.3 Å². The molecule has 3 rings (SSSR count). The Morgan fingerprint density at radius 2 is 1.93 bits per heavy atom. The standard InChI is InChI=1S/C20H15BrN2O3S/c1-2-10-26-17-9-8-14(21)11-13(17)12-16-18(24)22-20(27)23(19(16)25)15-6-4-3-5-7-15/h2-9,11-12H,1,10H2,(H,22,24,27)/b16-12+. The fraction of sp³-hybridized carbons (Fsp3) is 0.0500. The largest absolute Gasteiger partial charge is 0.489 e. The highest BCUT2D eigenvalue weighted by Crippen LogP contribution is 2.28. The Balaban J connectivity index is 2.03. The van der Waals surface area contributed by atoms with Crippen LogP contribution in [0.5, 0.6) is 5.75 Å². The molecule has 0 bridgehead atoms. The summed E-state index contributed by atoms with van der Waals surface area (Å²) in [6.45, 7) is 3.93. The van der Waals surface area contributed by atoms with Crippen LogP contribution in [-0.4, -0.2) is 23.5 Å². The molecule has 0 aliphatic carbocycles. The minimum Gasteiger partial charge on any atom is -0.489 e. The van der Waals surface area contributed by atoms with Gasteiger partial charge in [-0.25, -0.2) is 0 Å². The predicted octanol–water partition coefficient (Wildman–Crippen LogP) is 3.85. The maximum atomic E-state index is 13.0. The van der Waals surface area contributed by atoms with Gasteiger partial charge in [-0.3, -0.25) is 19.8 Å². The van der Waals surface area contributed by atoms with Crippen molar-refractivity contribution in [2.75, 3.05) is 11.5 Å². The van der Waals surface area contributed by atoms with E-state index in [0.717, 1.165) is 4.47 Å². The van der Waals surface area contributed by atoms with Gasteiger partial charge in [0.15, 0.2) is 5.11 Å². The van der Waals surface area contributed by atoms with E-state index in [1.807, 2.05) is 12.1 Å². The average Bonchev–Trinajstić information content (AvgIpc) is 2.65. The van der Waals surface area contributed by atoms with Crippen LogP contribution in [0.15, 0.2) is 71.2 Å². The second-order valence-electron chi connectivity index (χ2n) is 5.58. The molecule has 2 aromatic rings. The van der Waals surface area contributed by atoms with Crippen LogP contribution in [0.1, 0.15) is 5.56 Å². The number of amides is 2. The zero-order valence-electron chi connectivity index (χ0n) is 14.1.